The van der Waals surface area contributed by atoms with Crippen molar-refractivity contribution in [1.29, 1.82) is 0 Å². The van der Waals surface area contributed by atoms with Gasteiger partial charge in [-0.05, 0) is 56.9 Å². The van der Waals surface area contributed by atoms with E-state index in [1.165, 1.54) is 34.0 Å². The van der Waals surface area contributed by atoms with Crippen molar-refractivity contribution in [1.82, 2.24) is 9.59 Å². The number of fused-ring (bicyclic) bond motifs is 9. The van der Waals surface area contributed by atoms with Crippen LogP contribution in [0.5, 0.6) is 11.5 Å². The van der Waals surface area contributed by atoms with Crippen LogP contribution >= 0.6 is 11.5 Å². The molecule has 4 aromatic rings. The smallest absolute Gasteiger partial charge is 0.134 e. The van der Waals surface area contributed by atoms with Crippen LogP contribution in [0.15, 0.2) is 60.7 Å². The Hall–Kier alpha value is -3.38. The summed E-state index contributed by atoms with van der Waals surface area (Å²) in [5, 5.41) is 4.76. The second-order valence-electron chi connectivity index (χ2n) is 9.05. The predicted molar refractivity (Wildman–Crippen MR) is 144 cm³/mol. The van der Waals surface area contributed by atoms with Gasteiger partial charge in [0.2, 0.25) is 0 Å². The van der Waals surface area contributed by atoms with Gasteiger partial charge in [0, 0.05) is 66.4 Å². The van der Waals surface area contributed by atoms with E-state index in [4.69, 9.17) is 9.84 Å². The third-order valence-corrected chi connectivity index (χ3v) is 8.39. The average Bonchev–Trinajstić information content (AvgIpc) is 3.47. The molecule has 0 atom stereocenters. The van der Waals surface area contributed by atoms with Crippen molar-refractivity contribution in [2.45, 2.75) is 33.1 Å². The molecule has 0 fully saturated rings. The Labute approximate surface area is 211 Å². The number of hydrogen-bond donors (Lipinski definition) is 0. The molecule has 0 saturated heterocycles. The summed E-state index contributed by atoms with van der Waals surface area (Å²) in [6.07, 6.45) is 0. The summed E-state index contributed by atoms with van der Waals surface area (Å²) in [7, 11) is 0. The number of rotatable bonds is 6. The van der Waals surface area contributed by atoms with E-state index >= 15 is 0 Å². The van der Waals surface area contributed by atoms with Gasteiger partial charge in [0.1, 0.15) is 17.2 Å². The molecule has 3 aromatic carbocycles. The topological polar surface area (TPSA) is 41.5 Å². The van der Waals surface area contributed by atoms with Crippen molar-refractivity contribution in [3.05, 3.63) is 83.0 Å². The molecule has 1 aliphatic carbocycles. The first-order valence-electron chi connectivity index (χ1n) is 12.6. The van der Waals surface area contributed by atoms with Crippen molar-refractivity contribution in [3.8, 4) is 21.9 Å². The molecule has 35 heavy (non-hydrogen) atoms. The van der Waals surface area contributed by atoms with Gasteiger partial charge >= 0.3 is 0 Å². The Bertz CT molecular complexity index is 1340. The maximum absolute atomic E-state index is 6.73. The van der Waals surface area contributed by atoms with Crippen LogP contribution in [-0.4, -0.2) is 35.8 Å². The lowest BCUT2D eigenvalue weighted by molar-refractivity contribution is 0.434. The Balaban J connectivity index is 1.67. The summed E-state index contributed by atoms with van der Waals surface area (Å²) in [5.41, 5.74) is 7.58. The largest absolute Gasteiger partial charge is 0.457 e. The van der Waals surface area contributed by atoms with Crippen molar-refractivity contribution in [3.63, 3.8) is 0 Å². The summed E-state index contributed by atoms with van der Waals surface area (Å²) in [6.45, 7) is 12.6. The molecule has 0 bridgehead atoms. The van der Waals surface area contributed by atoms with E-state index in [9.17, 15) is 0 Å². The maximum Gasteiger partial charge on any atom is 0.134 e. The summed E-state index contributed by atoms with van der Waals surface area (Å²) in [4.78, 5) is 5.87. The Kier molecular flexibility index (Phi) is 5.29. The first kappa shape index (κ1) is 22.1. The quantitative estimate of drug-likeness (QED) is 0.264. The Morgan fingerprint density at radius 3 is 1.89 bits per heavy atom. The van der Waals surface area contributed by atoms with Crippen LogP contribution in [0, 0.1) is 0 Å². The lowest BCUT2D eigenvalue weighted by Gasteiger charge is -2.39. The molecule has 2 heterocycles. The molecule has 6 heteroatoms. The van der Waals surface area contributed by atoms with Gasteiger partial charge in [-0.1, -0.05) is 40.9 Å². The first-order valence-corrected chi connectivity index (χ1v) is 13.3. The van der Waals surface area contributed by atoms with E-state index < -0.39 is 5.41 Å². The van der Waals surface area contributed by atoms with Gasteiger partial charge in [-0.15, -0.1) is 5.10 Å². The highest BCUT2D eigenvalue weighted by molar-refractivity contribution is 7.09. The van der Waals surface area contributed by atoms with Crippen LogP contribution in [-0.2, 0) is 5.41 Å². The van der Waals surface area contributed by atoms with E-state index in [1.807, 2.05) is 0 Å². The molecule has 0 amide bonds. The number of aromatic nitrogens is 2. The fourth-order valence-electron chi connectivity index (χ4n) is 5.94. The monoisotopic (exact) mass is 482 g/mol. The molecule has 0 unspecified atom stereocenters. The van der Waals surface area contributed by atoms with Crippen molar-refractivity contribution < 1.29 is 4.74 Å². The van der Waals surface area contributed by atoms with Crippen molar-refractivity contribution in [2.24, 2.45) is 0 Å². The summed E-state index contributed by atoms with van der Waals surface area (Å²) < 4.78 is 11.1. The van der Waals surface area contributed by atoms with Gasteiger partial charge in [-0.3, -0.25) is 0 Å². The maximum atomic E-state index is 6.73. The summed E-state index contributed by atoms with van der Waals surface area (Å²) >= 11 is 1.48. The zero-order valence-electron chi connectivity index (χ0n) is 20.7. The third kappa shape index (κ3) is 2.99. The second-order valence-corrected chi connectivity index (χ2v) is 9.81. The minimum atomic E-state index is -0.536. The zero-order valence-corrected chi connectivity index (χ0v) is 21.5. The highest BCUT2D eigenvalue weighted by Gasteiger charge is 2.53. The number of benzene rings is 3. The third-order valence-electron chi connectivity index (χ3n) is 7.63. The molecule has 0 radical (unpaired) electrons. The van der Waals surface area contributed by atoms with Gasteiger partial charge in [0.05, 0.1) is 10.3 Å². The van der Waals surface area contributed by atoms with Crippen LogP contribution < -0.4 is 14.5 Å². The van der Waals surface area contributed by atoms with E-state index in [0.29, 0.717) is 0 Å². The van der Waals surface area contributed by atoms with Gasteiger partial charge in [0.25, 0.3) is 0 Å². The number of anilines is 2. The predicted octanol–water partition coefficient (Wildman–Crippen LogP) is 6.70. The van der Waals surface area contributed by atoms with Crippen molar-refractivity contribution >= 4 is 22.9 Å². The van der Waals surface area contributed by atoms with Crippen LogP contribution in [0.2, 0.25) is 0 Å². The summed E-state index contributed by atoms with van der Waals surface area (Å²) in [5.74, 6) is 1.79. The van der Waals surface area contributed by atoms with E-state index in [-0.39, 0.29) is 0 Å². The number of nitrogens with zero attached hydrogens (tertiary/aromatic N) is 4. The van der Waals surface area contributed by atoms with Gasteiger partial charge in [0.15, 0.2) is 0 Å². The van der Waals surface area contributed by atoms with Gasteiger partial charge < -0.3 is 14.5 Å². The fourth-order valence-corrected chi connectivity index (χ4v) is 6.70. The Morgan fingerprint density at radius 2 is 1.31 bits per heavy atom. The SMILES string of the molecule is CCN(CC)c1ccc2c(c1)Oc1cc(N(CC)CC)ccc1C21c2ccccc2-c2snnc21. The van der Waals surface area contributed by atoms with E-state index in [2.05, 4.69) is 103 Å². The van der Waals surface area contributed by atoms with Crippen LogP contribution in [0.25, 0.3) is 10.4 Å². The molecule has 0 N–H and O–H groups in total. The molecule has 6 rings (SSSR count). The molecule has 178 valence electrons. The van der Waals surface area contributed by atoms with Crippen LogP contribution in [0.1, 0.15) is 50.1 Å². The Morgan fingerprint density at radius 1 is 0.743 bits per heavy atom. The molecular weight excluding hydrogens is 452 g/mol. The van der Waals surface area contributed by atoms with Crippen LogP contribution in [0.3, 0.4) is 0 Å². The number of ether oxygens (including phenoxy) is 1. The highest BCUT2D eigenvalue weighted by atomic mass is 32.1. The molecule has 1 spiro atoms. The lowest BCUT2D eigenvalue weighted by Crippen LogP contribution is -2.33. The molecular formula is C29H30N4OS. The lowest BCUT2D eigenvalue weighted by atomic mass is 9.68. The van der Waals surface area contributed by atoms with E-state index in [0.717, 1.165) is 59.4 Å². The molecule has 0 saturated carbocycles. The normalized spacial score (nSPS) is 14.1. The van der Waals surface area contributed by atoms with E-state index in [1.54, 1.807) is 0 Å². The fraction of sp³-hybridized carbons (Fsp3) is 0.310. The van der Waals surface area contributed by atoms with Gasteiger partial charge in [-0.25, -0.2) is 0 Å². The molecule has 2 aliphatic rings. The highest BCUT2D eigenvalue weighted by Crippen LogP contribution is 2.62. The van der Waals surface area contributed by atoms with Crippen molar-refractivity contribution in [2.75, 3.05) is 36.0 Å². The standard InChI is InChI=1S/C29H30N4OS/c1-5-32(6-2)19-13-15-23-25(17-19)34-26-18-20(33(7-3)8-4)14-16-24(26)29(23)22-12-10-9-11-21(22)27-28(29)30-31-35-27/h9-18H,5-8H2,1-4H3. The van der Waals surface area contributed by atoms with Gasteiger partial charge in [-0.2, -0.15) is 0 Å². The molecule has 5 nitrogen and oxygen atoms in total. The van der Waals surface area contributed by atoms with Crippen LogP contribution in [0.4, 0.5) is 11.4 Å². The molecule has 1 aromatic heterocycles. The minimum Gasteiger partial charge on any atom is -0.457 e. The summed E-state index contributed by atoms with van der Waals surface area (Å²) in [6, 6.07) is 22.0. The molecule has 1 aliphatic heterocycles. The second kappa shape index (κ2) is 8.38. The average molecular weight is 483 g/mol. The zero-order chi connectivity index (χ0) is 24.2. The number of hydrogen-bond acceptors (Lipinski definition) is 6. The minimum absolute atomic E-state index is 0.536. The first-order chi connectivity index (χ1) is 17.2.